The van der Waals surface area contributed by atoms with E-state index < -0.39 is 0 Å². The van der Waals surface area contributed by atoms with Crippen molar-refractivity contribution in [3.63, 3.8) is 0 Å². The van der Waals surface area contributed by atoms with Crippen LogP contribution in [0.5, 0.6) is 0 Å². The van der Waals surface area contributed by atoms with Gasteiger partial charge in [0, 0.05) is 5.56 Å². The molecule has 1 aliphatic heterocycles. The normalized spacial score (nSPS) is 16.8. The van der Waals surface area contributed by atoms with Crippen LogP contribution in [-0.2, 0) is 9.47 Å². The average molecular weight is 218 g/mol. The molecule has 0 aromatic carbocycles. The monoisotopic (exact) mass is 218 g/mol. The maximum atomic E-state index is 5.64. The van der Waals surface area contributed by atoms with E-state index in [2.05, 4.69) is 10.2 Å². The van der Waals surface area contributed by atoms with Crippen LogP contribution in [-0.4, -0.2) is 23.4 Å². The molecule has 3 rings (SSSR count). The molecule has 0 N–H and O–H groups in total. The molecule has 0 saturated carbocycles. The summed E-state index contributed by atoms with van der Waals surface area (Å²) >= 11 is 0. The largest absolute Gasteiger partial charge is 0.456 e. The lowest BCUT2D eigenvalue weighted by Crippen LogP contribution is -1.94. The van der Waals surface area contributed by atoms with E-state index in [1.807, 2.05) is 18.2 Å². The number of aromatic nitrogens is 2. The van der Waals surface area contributed by atoms with Crippen LogP contribution in [0.25, 0.3) is 11.3 Å². The van der Waals surface area contributed by atoms with Crippen molar-refractivity contribution < 1.29 is 13.9 Å². The molecular formula is C11H10N2O3. The van der Waals surface area contributed by atoms with Crippen molar-refractivity contribution in [1.82, 2.24) is 10.2 Å². The van der Waals surface area contributed by atoms with Crippen LogP contribution < -0.4 is 0 Å². The summed E-state index contributed by atoms with van der Waals surface area (Å²) in [7, 11) is 0. The third-order valence-corrected chi connectivity index (χ3v) is 2.35. The summed E-state index contributed by atoms with van der Waals surface area (Å²) in [6.07, 6.45) is 2.91. The molecule has 0 atom stereocenters. The van der Waals surface area contributed by atoms with Crippen LogP contribution in [0.1, 0.15) is 12.1 Å². The molecule has 0 amide bonds. The second-order valence-corrected chi connectivity index (χ2v) is 3.41. The van der Waals surface area contributed by atoms with E-state index in [9.17, 15) is 0 Å². The highest BCUT2D eigenvalue weighted by Gasteiger charge is 2.21. The molecule has 1 saturated heterocycles. The first-order valence-corrected chi connectivity index (χ1v) is 5.03. The average Bonchev–Trinajstić information content (AvgIpc) is 3.01. The Morgan fingerprint density at radius 1 is 1.06 bits per heavy atom. The zero-order valence-electron chi connectivity index (χ0n) is 8.50. The quantitative estimate of drug-likeness (QED) is 0.769. The van der Waals surface area contributed by atoms with Gasteiger partial charge in [-0.25, -0.2) is 0 Å². The van der Waals surface area contributed by atoms with Crippen LogP contribution in [0.4, 0.5) is 0 Å². The Balaban J connectivity index is 1.87. The summed E-state index contributed by atoms with van der Waals surface area (Å²) in [6, 6.07) is 5.56. The Bertz CT molecular complexity index is 463. The van der Waals surface area contributed by atoms with Crippen molar-refractivity contribution in [2.45, 2.75) is 6.29 Å². The number of hydrogen-bond acceptors (Lipinski definition) is 5. The maximum absolute atomic E-state index is 5.64. The van der Waals surface area contributed by atoms with Gasteiger partial charge in [0.15, 0.2) is 5.76 Å². The van der Waals surface area contributed by atoms with E-state index in [1.165, 1.54) is 0 Å². The summed E-state index contributed by atoms with van der Waals surface area (Å²) in [5, 5.41) is 7.51. The molecule has 1 aliphatic rings. The van der Waals surface area contributed by atoms with E-state index in [4.69, 9.17) is 13.9 Å². The highest BCUT2D eigenvalue weighted by Crippen LogP contribution is 2.28. The molecule has 16 heavy (non-hydrogen) atoms. The Morgan fingerprint density at radius 3 is 2.69 bits per heavy atom. The van der Waals surface area contributed by atoms with Crippen molar-refractivity contribution in [1.29, 1.82) is 0 Å². The number of hydrogen-bond donors (Lipinski definition) is 0. The molecule has 5 heteroatoms. The van der Waals surface area contributed by atoms with Gasteiger partial charge >= 0.3 is 0 Å². The highest BCUT2D eigenvalue weighted by atomic mass is 16.7. The van der Waals surface area contributed by atoms with Crippen LogP contribution in [0.15, 0.2) is 35.0 Å². The molecule has 2 aromatic rings. The molecule has 1 fully saturated rings. The lowest BCUT2D eigenvalue weighted by molar-refractivity contribution is -0.0585. The first-order chi connectivity index (χ1) is 7.93. The lowest BCUT2D eigenvalue weighted by Gasteiger charge is -2.04. The summed E-state index contributed by atoms with van der Waals surface area (Å²) in [5.41, 5.74) is 0.888. The molecule has 0 aliphatic carbocycles. The maximum Gasteiger partial charge on any atom is 0.217 e. The number of nitrogens with zero attached hydrogens (tertiary/aromatic N) is 2. The molecule has 0 radical (unpaired) electrons. The predicted octanol–water partition coefficient (Wildman–Crippen LogP) is 1.78. The second-order valence-electron chi connectivity index (χ2n) is 3.41. The smallest absolute Gasteiger partial charge is 0.217 e. The van der Waals surface area contributed by atoms with Gasteiger partial charge in [-0.3, -0.25) is 0 Å². The fourth-order valence-corrected chi connectivity index (χ4v) is 1.59. The SMILES string of the molecule is c1cc(-c2ccc(C3OCCO3)o2)cnn1. The minimum absolute atomic E-state index is 0.372. The minimum Gasteiger partial charge on any atom is -0.456 e. The highest BCUT2D eigenvalue weighted by molar-refractivity contribution is 5.55. The second kappa shape index (κ2) is 4.03. The van der Waals surface area contributed by atoms with Crippen LogP contribution in [0.2, 0.25) is 0 Å². The van der Waals surface area contributed by atoms with Gasteiger partial charge < -0.3 is 13.9 Å². The van der Waals surface area contributed by atoms with E-state index in [0.717, 1.165) is 11.3 Å². The standard InChI is InChI=1S/C11H10N2O3/c1-2-10(11-14-5-6-15-11)16-9(1)8-3-4-12-13-7-8/h1-4,7,11H,5-6H2. The van der Waals surface area contributed by atoms with Crippen molar-refractivity contribution in [2.24, 2.45) is 0 Å². The van der Waals surface area contributed by atoms with Crippen LogP contribution >= 0.6 is 0 Å². The topological polar surface area (TPSA) is 57.4 Å². The fraction of sp³-hybridized carbons (Fsp3) is 0.273. The molecule has 0 unspecified atom stereocenters. The lowest BCUT2D eigenvalue weighted by atomic mass is 10.2. The summed E-state index contributed by atoms with van der Waals surface area (Å²) in [4.78, 5) is 0. The van der Waals surface area contributed by atoms with Crippen molar-refractivity contribution in [3.05, 3.63) is 36.4 Å². The van der Waals surface area contributed by atoms with Crippen molar-refractivity contribution >= 4 is 0 Å². The molecule has 0 bridgehead atoms. The van der Waals surface area contributed by atoms with Crippen molar-refractivity contribution in [2.75, 3.05) is 13.2 Å². The Kier molecular flexibility index (Phi) is 2.40. The summed E-state index contributed by atoms with van der Waals surface area (Å²) < 4.78 is 16.3. The zero-order chi connectivity index (χ0) is 10.8. The fourth-order valence-electron chi connectivity index (χ4n) is 1.59. The van der Waals surface area contributed by atoms with E-state index in [0.29, 0.717) is 19.0 Å². The molecule has 82 valence electrons. The van der Waals surface area contributed by atoms with Gasteiger partial charge in [-0.1, -0.05) is 0 Å². The van der Waals surface area contributed by atoms with E-state index >= 15 is 0 Å². The van der Waals surface area contributed by atoms with Crippen LogP contribution in [0, 0.1) is 0 Å². The van der Waals surface area contributed by atoms with Gasteiger partial charge in [0.1, 0.15) is 5.76 Å². The van der Waals surface area contributed by atoms with Gasteiger partial charge in [-0.2, -0.15) is 10.2 Å². The van der Waals surface area contributed by atoms with Gasteiger partial charge in [0.2, 0.25) is 6.29 Å². The van der Waals surface area contributed by atoms with Gasteiger partial charge in [-0.15, -0.1) is 0 Å². The summed E-state index contributed by atoms with van der Waals surface area (Å²) in [6.45, 7) is 1.22. The number of furan rings is 1. The Morgan fingerprint density at radius 2 is 1.94 bits per heavy atom. The first-order valence-electron chi connectivity index (χ1n) is 5.03. The minimum atomic E-state index is -0.372. The third-order valence-electron chi connectivity index (χ3n) is 2.35. The third kappa shape index (κ3) is 1.70. The molecule has 0 spiro atoms. The number of rotatable bonds is 2. The van der Waals surface area contributed by atoms with Crippen LogP contribution in [0.3, 0.4) is 0 Å². The number of ether oxygens (including phenoxy) is 2. The van der Waals surface area contributed by atoms with Crippen molar-refractivity contribution in [3.8, 4) is 11.3 Å². The van der Waals surface area contributed by atoms with Gasteiger partial charge in [0.25, 0.3) is 0 Å². The predicted molar refractivity (Wildman–Crippen MR) is 54.4 cm³/mol. The van der Waals surface area contributed by atoms with E-state index in [-0.39, 0.29) is 6.29 Å². The molecule has 3 heterocycles. The van der Waals surface area contributed by atoms with E-state index in [1.54, 1.807) is 12.4 Å². The molecule has 5 nitrogen and oxygen atoms in total. The molecular weight excluding hydrogens is 208 g/mol. The van der Waals surface area contributed by atoms with Gasteiger partial charge in [-0.05, 0) is 18.2 Å². The first kappa shape index (κ1) is 9.50. The molecule has 2 aromatic heterocycles. The van der Waals surface area contributed by atoms with Gasteiger partial charge in [0.05, 0.1) is 25.6 Å². The summed E-state index contributed by atoms with van der Waals surface area (Å²) in [5.74, 6) is 1.42. The Hall–Kier alpha value is -1.72. The zero-order valence-corrected chi connectivity index (χ0v) is 8.50. The Labute approximate surface area is 92.0 Å².